The van der Waals surface area contributed by atoms with E-state index in [9.17, 15) is 0 Å². The second kappa shape index (κ2) is 23.7. The minimum Gasteiger partial charge on any atom is -0.376 e. The smallest absolute Gasteiger partial charge is 0.104 e. The fourth-order valence-electron chi connectivity index (χ4n) is 3.03. The SMILES string of the molecule is CCC(N)COC(CC)COCC(COCC(CC)OCC(N)CC)OCC(CC)OCC(N)CC. The molecule has 0 bridgehead atoms. The molecule has 0 rings (SSSR count). The highest BCUT2D eigenvalue weighted by Gasteiger charge is 2.18. The molecule has 0 aromatic heterocycles. The summed E-state index contributed by atoms with van der Waals surface area (Å²) in [7, 11) is 0. The highest BCUT2D eigenvalue weighted by molar-refractivity contribution is 4.66. The van der Waals surface area contributed by atoms with Crippen molar-refractivity contribution in [1.82, 2.24) is 0 Å². The van der Waals surface area contributed by atoms with Crippen molar-refractivity contribution in [1.29, 1.82) is 0 Å². The molecule has 0 saturated heterocycles. The Kier molecular flexibility index (Phi) is 23.5. The Morgan fingerprint density at radius 1 is 0.361 bits per heavy atom. The molecule has 0 aromatic carbocycles. The Labute approximate surface area is 221 Å². The summed E-state index contributed by atoms with van der Waals surface area (Å²) in [6.45, 7) is 16.3. The van der Waals surface area contributed by atoms with E-state index in [1.54, 1.807) is 0 Å². The van der Waals surface area contributed by atoms with Gasteiger partial charge < -0.3 is 45.6 Å². The van der Waals surface area contributed by atoms with Gasteiger partial charge in [0.1, 0.15) is 6.10 Å². The summed E-state index contributed by atoms with van der Waals surface area (Å²) in [4.78, 5) is 0. The number of ether oxygens (including phenoxy) is 6. The quantitative estimate of drug-likeness (QED) is 0.157. The van der Waals surface area contributed by atoms with Crippen molar-refractivity contribution in [3.63, 3.8) is 0 Å². The summed E-state index contributed by atoms with van der Waals surface area (Å²) < 4.78 is 35.9. The molecule has 0 amide bonds. The van der Waals surface area contributed by atoms with E-state index in [0.29, 0.717) is 52.9 Å². The first-order chi connectivity index (χ1) is 17.3. The highest BCUT2D eigenvalue weighted by Crippen LogP contribution is 2.08. The van der Waals surface area contributed by atoms with Gasteiger partial charge in [-0.15, -0.1) is 0 Å². The summed E-state index contributed by atoms with van der Waals surface area (Å²) in [6, 6.07) is 0.145. The van der Waals surface area contributed by atoms with E-state index in [1.165, 1.54) is 0 Å². The largest absolute Gasteiger partial charge is 0.376 e. The van der Waals surface area contributed by atoms with Gasteiger partial charge in [-0.1, -0.05) is 41.5 Å². The van der Waals surface area contributed by atoms with Crippen LogP contribution in [-0.4, -0.2) is 95.4 Å². The maximum Gasteiger partial charge on any atom is 0.104 e. The topological polar surface area (TPSA) is 133 Å². The van der Waals surface area contributed by atoms with Gasteiger partial charge in [-0.3, -0.25) is 0 Å². The first-order valence-electron chi connectivity index (χ1n) is 14.2. The molecule has 0 radical (unpaired) electrons. The van der Waals surface area contributed by atoms with Crippen LogP contribution in [0.15, 0.2) is 0 Å². The molecule has 0 spiro atoms. The fourth-order valence-corrected chi connectivity index (χ4v) is 3.03. The lowest BCUT2D eigenvalue weighted by Gasteiger charge is -2.25. The van der Waals surface area contributed by atoms with Crippen LogP contribution in [0.5, 0.6) is 0 Å². The molecule has 0 saturated carbocycles. The molecule has 6 N–H and O–H groups in total. The molecule has 218 valence electrons. The van der Waals surface area contributed by atoms with Crippen molar-refractivity contribution >= 4 is 0 Å². The average molecular weight is 522 g/mol. The molecule has 0 aliphatic carbocycles. The van der Waals surface area contributed by atoms with Gasteiger partial charge in [-0.25, -0.2) is 0 Å². The lowest BCUT2D eigenvalue weighted by molar-refractivity contribution is -0.115. The van der Waals surface area contributed by atoms with Crippen molar-refractivity contribution in [3.8, 4) is 0 Å². The summed E-state index contributed by atoms with van der Waals surface area (Å²) in [5.74, 6) is 0. The lowest BCUT2D eigenvalue weighted by atomic mass is 10.2. The Bertz CT molecular complexity index is 449. The van der Waals surface area contributed by atoms with Crippen LogP contribution in [-0.2, 0) is 28.4 Å². The zero-order valence-corrected chi connectivity index (χ0v) is 24.1. The van der Waals surface area contributed by atoms with Gasteiger partial charge in [0.2, 0.25) is 0 Å². The normalized spacial score (nSPS) is 17.9. The molecule has 6 unspecified atom stereocenters. The Morgan fingerprint density at radius 2 is 0.639 bits per heavy atom. The van der Waals surface area contributed by atoms with Crippen LogP contribution in [0.4, 0.5) is 0 Å². The lowest BCUT2D eigenvalue weighted by Crippen LogP contribution is -2.35. The van der Waals surface area contributed by atoms with Crippen molar-refractivity contribution in [2.45, 2.75) is 123 Å². The number of hydrogen-bond acceptors (Lipinski definition) is 9. The molecular formula is C27H59N3O6. The fraction of sp³-hybridized carbons (Fsp3) is 1.00. The Balaban J connectivity index is 4.75. The van der Waals surface area contributed by atoms with E-state index in [2.05, 4.69) is 41.5 Å². The number of hydrogen-bond donors (Lipinski definition) is 3. The van der Waals surface area contributed by atoms with Crippen molar-refractivity contribution in [2.75, 3.05) is 52.9 Å². The zero-order valence-electron chi connectivity index (χ0n) is 24.1. The van der Waals surface area contributed by atoms with Crippen molar-refractivity contribution in [3.05, 3.63) is 0 Å². The van der Waals surface area contributed by atoms with E-state index >= 15 is 0 Å². The first kappa shape index (κ1) is 35.6. The predicted octanol–water partition coefficient (Wildman–Crippen LogP) is 3.00. The van der Waals surface area contributed by atoms with Crippen molar-refractivity contribution < 1.29 is 28.4 Å². The Morgan fingerprint density at radius 3 is 0.944 bits per heavy atom. The predicted molar refractivity (Wildman–Crippen MR) is 146 cm³/mol. The molecule has 0 aliphatic rings. The molecule has 6 atom stereocenters. The van der Waals surface area contributed by atoms with Crippen LogP contribution < -0.4 is 17.2 Å². The first-order valence-corrected chi connectivity index (χ1v) is 14.2. The van der Waals surface area contributed by atoms with Crippen LogP contribution in [0.25, 0.3) is 0 Å². The van der Waals surface area contributed by atoms with Gasteiger partial charge in [0.15, 0.2) is 0 Å². The van der Waals surface area contributed by atoms with Crippen molar-refractivity contribution in [2.24, 2.45) is 17.2 Å². The van der Waals surface area contributed by atoms with Gasteiger partial charge in [0.05, 0.1) is 71.2 Å². The van der Waals surface area contributed by atoms with E-state index < -0.39 is 0 Å². The van der Waals surface area contributed by atoms with Crippen LogP contribution in [0.3, 0.4) is 0 Å². The Hall–Kier alpha value is -0.360. The third-order valence-electron chi connectivity index (χ3n) is 6.31. The second-order valence-corrected chi connectivity index (χ2v) is 9.63. The zero-order chi connectivity index (χ0) is 27.2. The molecule has 0 heterocycles. The summed E-state index contributed by atoms with van der Waals surface area (Å²) >= 11 is 0. The summed E-state index contributed by atoms with van der Waals surface area (Å²) in [6.07, 6.45) is 4.99. The van der Waals surface area contributed by atoms with E-state index in [0.717, 1.165) is 38.5 Å². The third kappa shape index (κ3) is 18.8. The van der Waals surface area contributed by atoms with Gasteiger partial charge in [-0.05, 0) is 38.5 Å². The maximum atomic E-state index is 6.19. The van der Waals surface area contributed by atoms with Gasteiger partial charge in [0, 0.05) is 18.1 Å². The highest BCUT2D eigenvalue weighted by atomic mass is 16.6. The molecule has 9 nitrogen and oxygen atoms in total. The van der Waals surface area contributed by atoms with Gasteiger partial charge in [0.25, 0.3) is 0 Å². The maximum absolute atomic E-state index is 6.19. The summed E-state index contributed by atoms with van der Waals surface area (Å²) in [5, 5.41) is 0. The van der Waals surface area contributed by atoms with Crippen LogP contribution >= 0.6 is 0 Å². The van der Waals surface area contributed by atoms with E-state index in [-0.39, 0.29) is 42.5 Å². The van der Waals surface area contributed by atoms with Gasteiger partial charge in [-0.2, -0.15) is 0 Å². The third-order valence-corrected chi connectivity index (χ3v) is 6.31. The molecular weight excluding hydrogens is 462 g/mol. The molecule has 9 heteroatoms. The van der Waals surface area contributed by atoms with Crippen LogP contribution in [0.1, 0.15) is 80.1 Å². The molecule has 0 aromatic rings. The molecule has 0 fully saturated rings. The minimum atomic E-state index is -0.228. The monoisotopic (exact) mass is 521 g/mol. The minimum absolute atomic E-state index is 0.00655. The average Bonchev–Trinajstić information content (AvgIpc) is 2.90. The number of rotatable bonds is 26. The number of nitrogens with two attached hydrogens (primary N) is 3. The molecule has 36 heavy (non-hydrogen) atoms. The van der Waals surface area contributed by atoms with Gasteiger partial charge >= 0.3 is 0 Å². The molecule has 0 aliphatic heterocycles. The second-order valence-electron chi connectivity index (χ2n) is 9.63. The van der Waals surface area contributed by atoms with E-state index in [4.69, 9.17) is 45.6 Å². The standard InChI is InChI=1S/C27H59N3O6/c1-7-21(28)13-33-24(10-4)16-31-18-27(36-20-26(12-6)35-15-23(30)9-3)19-32-17-25(11-5)34-14-22(29)8-2/h21-27H,7-20,28-30H2,1-6H3. The van der Waals surface area contributed by atoms with E-state index in [1.807, 2.05) is 0 Å². The van der Waals surface area contributed by atoms with Crippen LogP contribution in [0, 0.1) is 0 Å². The summed E-state index contributed by atoms with van der Waals surface area (Å²) in [5.41, 5.74) is 18.0. The van der Waals surface area contributed by atoms with Crippen LogP contribution in [0.2, 0.25) is 0 Å².